The number of carbonyl (C=O) groups excluding carboxylic acids is 1. The number of morpholine rings is 1. The fraction of sp³-hybridized carbons (Fsp3) is 0.615. The molecule has 18 heavy (non-hydrogen) atoms. The first kappa shape index (κ1) is 13.5. The molecule has 0 saturated carbocycles. The quantitative estimate of drug-likeness (QED) is 0.902. The van der Waals surface area contributed by atoms with Crippen LogP contribution >= 0.6 is 11.3 Å². The summed E-state index contributed by atoms with van der Waals surface area (Å²) in [6.07, 6.45) is 0. The van der Waals surface area contributed by atoms with Crippen molar-refractivity contribution in [2.45, 2.75) is 25.9 Å². The minimum atomic E-state index is -0.153. The molecule has 0 radical (unpaired) electrons. The van der Waals surface area contributed by atoms with Crippen LogP contribution in [0, 0.1) is 0 Å². The van der Waals surface area contributed by atoms with E-state index < -0.39 is 0 Å². The zero-order valence-corrected chi connectivity index (χ0v) is 11.7. The first-order valence-electron chi connectivity index (χ1n) is 6.34. The molecule has 100 valence electrons. The molecule has 1 aromatic heterocycles. The molecule has 1 aliphatic rings. The molecule has 0 spiro atoms. The number of rotatable bonds is 4. The van der Waals surface area contributed by atoms with Crippen LogP contribution in [0.3, 0.4) is 0 Å². The number of hydrogen-bond acceptors (Lipinski definition) is 4. The monoisotopic (exact) mass is 268 g/mol. The summed E-state index contributed by atoms with van der Waals surface area (Å²) in [6.45, 7) is 6.74. The molecular formula is C13H20N2O2S. The van der Waals surface area contributed by atoms with Gasteiger partial charge in [-0.15, -0.1) is 11.3 Å². The van der Waals surface area contributed by atoms with Crippen LogP contribution in [0.15, 0.2) is 17.5 Å². The standard InChI is InChI=1S/C13H20N2O2S/c1-10(12-4-3-9-18-12)14-11(2)13(16)15-5-7-17-8-6-15/h3-4,9-11,14H,5-8H2,1-2H3/t10-,11?/m0/s1. The van der Waals surface area contributed by atoms with E-state index in [4.69, 9.17) is 4.74 Å². The van der Waals surface area contributed by atoms with Crippen LogP contribution in [0.2, 0.25) is 0 Å². The van der Waals surface area contributed by atoms with Crippen LogP contribution in [0.1, 0.15) is 24.8 Å². The Balaban J connectivity index is 1.86. The van der Waals surface area contributed by atoms with Gasteiger partial charge in [0.1, 0.15) is 0 Å². The minimum Gasteiger partial charge on any atom is -0.378 e. The Morgan fingerprint density at radius 3 is 2.78 bits per heavy atom. The Kier molecular flexibility index (Phi) is 4.74. The third-order valence-corrected chi connectivity index (χ3v) is 4.22. The molecule has 1 unspecified atom stereocenters. The number of hydrogen-bond donors (Lipinski definition) is 1. The van der Waals surface area contributed by atoms with E-state index >= 15 is 0 Å². The van der Waals surface area contributed by atoms with Crippen LogP contribution in [0.4, 0.5) is 0 Å². The molecule has 1 fully saturated rings. The molecule has 1 saturated heterocycles. The van der Waals surface area contributed by atoms with Crippen LogP contribution in [-0.4, -0.2) is 43.2 Å². The molecule has 1 aliphatic heterocycles. The summed E-state index contributed by atoms with van der Waals surface area (Å²) in [6, 6.07) is 4.19. The molecule has 1 aromatic rings. The van der Waals surface area contributed by atoms with Crippen LogP contribution in [0.5, 0.6) is 0 Å². The predicted molar refractivity (Wildman–Crippen MR) is 72.7 cm³/mol. The van der Waals surface area contributed by atoms with Gasteiger partial charge in [-0.2, -0.15) is 0 Å². The van der Waals surface area contributed by atoms with Crippen LogP contribution in [0.25, 0.3) is 0 Å². The van der Waals surface area contributed by atoms with Gasteiger partial charge in [-0.05, 0) is 25.3 Å². The summed E-state index contributed by atoms with van der Waals surface area (Å²) in [5.41, 5.74) is 0. The van der Waals surface area contributed by atoms with Gasteiger partial charge in [0.05, 0.1) is 19.3 Å². The van der Waals surface area contributed by atoms with Gasteiger partial charge in [-0.1, -0.05) is 6.07 Å². The van der Waals surface area contributed by atoms with E-state index in [0.717, 1.165) is 0 Å². The molecule has 5 heteroatoms. The van der Waals surface area contributed by atoms with Crippen LogP contribution < -0.4 is 5.32 Å². The van der Waals surface area contributed by atoms with Crippen LogP contribution in [-0.2, 0) is 9.53 Å². The smallest absolute Gasteiger partial charge is 0.239 e. The van der Waals surface area contributed by atoms with E-state index in [1.165, 1.54) is 4.88 Å². The summed E-state index contributed by atoms with van der Waals surface area (Å²) >= 11 is 1.71. The number of thiophene rings is 1. The molecule has 2 rings (SSSR count). The minimum absolute atomic E-state index is 0.153. The first-order valence-corrected chi connectivity index (χ1v) is 7.22. The summed E-state index contributed by atoms with van der Waals surface area (Å²) < 4.78 is 5.26. The second-order valence-corrected chi connectivity index (χ2v) is 5.54. The lowest BCUT2D eigenvalue weighted by Gasteiger charge is -2.30. The first-order chi connectivity index (χ1) is 8.68. The second-order valence-electron chi connectivity index (χ2n) is 4.56. The average molecular weight is 268 g/mol. The van der Waals surface area contributed by atoms with Crippen molar-refractivity contribution < 1.29 is 9.53 Å². The molecule has 1 amide bonds. The van der Waals surface area contributed by atoms with Crippen molar-refractivity contribution in [3.8, 4) is 0 Å². The van der Waals surface area contributed by atoms with Gasteiger partial charge in [0.25, 0.3) is 0 Å². The molecule has 2 heterocycles. The topological polar surface area (TPSA) is 41.6 Å². The van der Waals surface area contributed by atoms with E-state index in [1.54, 1.807) is 11.3 Å². The van der Waals surface area contributed by atoms with Gasteiger partial charge in [-0.3, -0.25) is 10.1 Å². The van der Waals surface area contributed by atoms with E-state index in [2.05, 4.69) is 23.7 Å². The maximum Gasteiger partial charge on any atom is 0.239 e. The van der Waals surface area contributed by atoms with E-state index in [0.29, 0.717) is 26.3 Å². The summed E-state index contributed by atoms with van der Waals surface area (Å²) in [5, 5.41) is 5.42. The van der Waals surface area contributed by atoms with Gasteiger partial charge in [0, 0.05) is 24.0 Å². The molecule has 0 aromatic carbocycles. The average Bonchev–Trinajstić information content (AvgIpc) is 2.92. The maximum atomic E-state index is 12.2. The highest BCUT2D eigenvalue weighted by atomic mass is 32.1. The van der Waals surface area contributed by atoms with Crippen molar-refractivity contribution in [1.29, 1.82) is 0 Å². The van der Waals surface area contributed by atoms with Gasteiger partial charge < -0.3 is 9.64 Å². The van der Waals surface area contributed by atoms with Crippen molar-refractivity contribution in [3.63, 3.8) is 0 Å². The van der Waals surface area contributed by atoms with Crippen molar-refractivity contribution in [2.24, 2.45) is 0 Å². The fourth-order valence-corrected chi connectivity index (χ4v) is 2.87. The van der Waals surface area contributed by atoms with E-state index in [-0.39, 0.29) is 18.0 Å². The Labute approximate surface area is 112 Å². The fourth-order valence-electron chi connectivity index (χ4n) is 2.12. The normalized spacial score (nSPS) is 19.6. The third-order valence-electron chi connectivity index (χ3n) is 3.16. The molecule has 0 bridgehead atoms. The number of carbonyl (C=O) groups is 1. The molecule has 2 atom stereocenters. The number of ether oxygens (including phenoxy) is 1. The molecule has 0 aliphatic carbocycles. The van der Waals surface area contributed by atoms with Gasteiger partial charge in [0.2, 0.25) is 5.91 Å². The highest BCUT2D eigenvalue weighted by Gasteiger charge is 2.23. The lowest BCUT2D eigenvalue weighted by molar-refractivity contribution is -0.137. The molecule has 4 nitrogen and oxygen atoms in total. The van der Waals surface area contributed by atoms with Crippen molar-refractivity contribution in [1.82, 2.24) is 10.2 Å². The lowest BCUT2D eigenvalue weighted by atomic mass is 10.2. The van der Waals surface area contributed by atoms with Crippen molar-refractivity contribution >= 4 is 17.2 Å². The highest BCUT2D eigenvalue weighted by molar-refractivity contribution is 7.10. The number of nitrogens with one attached hydrogen (secondary N) is 1. The summed E-state index contributed by atoms with van der Waals surface area (Å²) in [7, 11) is 0. The maximum absolute atomic E-state index is 12.2. The van der Waals surface area contributed by atoms with Crippen molar-refractivity contribution in [2.75, 3.05) is 26.3 Å². The summed E-state index contributed by atoms with van der Waals surface area (Å²) in [4.78, 5) is 15.4. The summed E-state index contributed by atoms with van der Waals surface area (Å²) in [5.74, 6) is 0.168. The number of amides is 1. The second kappa shape index (κ2) is 6.31. The largest absolute Gasteiger partial charge is 0.378 e. The highest BCUT2D eigenvalue weighted by Crippen LogP contribution is 2.18. The molecular weight excluding hydrogens is 248 g/mol. The zero-order valence-electron chi connectivity index (χ0n) is 10.9. The van der Waals surface area contributed by atoms with E-state index in [1.807, 2.05) is 17.9 Å². The Morgan fingerprint density at radius 2 is 2.17 bits per heavy atom. The van der Waals surface area contributed by atoms with E-state index in [9.17, 15) is 4.79 Å². The van der Waals surface area contributed by atoms with Gasteiger partial charge in [0.15, 0.2) is 0 Å². The SMILES string of the molecule is CC(N[C@@H](C)c1cccs1)C(=O)N1CCOCC1. The zero-order chi connectivity index (χ0) is 13.0. The third kappa shape index (κ3) is 3.31. The Morgan fingerprint density at radius 1 is 1.44 bits per heavy atom. The van der Waals surface area contributed by atoms with Crippen molar-refractivity contribution in [3.05, 3.63) is 22.4 Å². The number of nitrogens with zero attached hydrogens (tertiary/aromatic N) is 1. The predicted octanol–water partition coefficient (Wildman–Crippen LogP) is 1.65. The molecule has 1 N–H and O–H groups in total. The van der Waals surface area contributed by atoms with Gasteiger partial charge >= 0.3 is 0 Å². The van der Waals surface area contributed by atoms with Gasteiger partial charge in [-0.25, -0.2) is 0 Å². The lowest BCUT2D eigenvalue weighted by Crippen LogP contribution is -2.49. The Hall–Kier alpha value is -0.910. The Bertz CT molecular complexity index is 374.